The minimum Gasteiger partial charge on any atom is -0.492 e. The van der Waals surface area contributed by atoms with Gasteiger partial charge in [-0.05, 0) is 37.3 Å². The van der Waals surface area contributed by atoms with Gasteiger partial charge in [-0.3, -0.25) is 9.36 Å². The molecule has 8 heteroatoms. The Morgan fingerprint density at radius 1 is 1.13 bits per heavy atom. The molecule has 0 aliphatic rings. The van der Waals surface area contributed by atoms with Gasteiger partial charge in [-0.15, -0.1) is 0 Å². The highest BCUT2D eigenvalue weighted by Gasteiger charge is 2.20. The molecule has 31 heavy (non-hydrogen) atoms. The number of para-hydroxylation sites is 3. The van der Waals surface area contributed by atoms with E-state index in [1.54, 1.807) is 22.8 Å². The van der Waals surface area contributed by atoms with Crippen molar-refractivity contribution in [2.75, 3.05) is 13.7 Å². The van der Waals surface area contributed by atoms with Gasteiger partial charge < -0.3 is 13.9 Å². The summed E-state index contributed by atoms with van der Waals surface area (Å²) in [6, 6.07) is 16.3. The summed E-state index contributed by atoms with van der Waals surface area (Å²) in [4.78, 5) is 30.1. The quantitative estimate of drug-likeness (QED) is 0.240. The van der Waals surface area contributed by atoms with Gasteiger partial charge in [0.25, 0.3) is 5.56 Å². The third-order valence-corrected chi connectivity index (χ3v) is 5.61. The number of hydrogen-bond donors (Lipinski definition) is 0. The minimum absolute atomic E-state index is 0.138. The number of nitrogens with zero attached hydrogens (tertiary/aromatic N) is 2. The fourth-order valence-corrected chi connectivity index (χ4v) is 4.19. The summed E-state index contributed by atoms with van der Waals surface area (Å²) in [6.45, 7) is 2.36. The molecule has 0 atom stereocenters. The number of ether oxygens (including phenoxy) is 2. The number of fused-ring (bicyclic) bond motifs is 1. The van der Waals surface area contributed by atoms with Gasteiger partial charge in [0.2, 0.25) is 5.76 Å². The largest absolute Gasteiger partial charge is 0.492 e. The van der Waals surface area contributed by atoms with Crippen molar-refractivity contribution in [3.8, 4) is 11.4 Å². The zero-order valence-electron chi connectivity index (χ0n) is 17.0. The van der Waals surface area contributed by atoms with Crippen LogP contribution in [0.3, 0.4) is 0 Å². The van der Waals surface area contributed by atoms with Crippen molar-refractivity contribution in [2.45, 2.75) is 17.8 Å². The van der Waals surface area contributed by atoms with E-state index in [1.165, 1.54) is 25.1 Å². The first-order valence-electron chi connectivity index (χ1n) is 9.65. The van der Waals surface area contributed by atoms with Crippen molar-refractivity contribution in [3.63, 3.8) is 0 Å². The van der Waals surface area contributed by atoms with Crippen molar-refractivity contribution in [1.82, 2.24) is 9.55 Å². The lowest BCUT2D eigenvalue weighted by atomic mass is 10.2. The third-order valence-electron chi connectivity index (χ3n) is 4.63. The topological polar surface area (TPSA) is 83.6 Å². The van der Waals surface area contributed by atoms with Crippen molar-refractivity contribution < 1.29 is 18.7 Å². The molecule has 0 saturated carbocycles. The molecule has 158 valence electrons. The molecule has 0 aliphatic heterocycles. The lowest BCUT2D eigenvalue weighted by Gasteiger charge is -2.16. The molecule has 0 spiro atoms. The molecular weight excluding hydrogens is 416 g/mol. The Morgan fingerprint density at radius 2 is 1.90 bits per heavy atom. The SMILES string of the molecule is CCOc1ccccc1-n1c(SCc2ccoc2C(=O)OC)nc2ccccc2c1=O. The smallest absolute Gasteiger partial charge is 0.374 e. The van der Waals surface area contributed by atoms with Crippen LogP contribution in [-0.2, 0) is 10.5 Å². The predicted molar refractivity (Wildman–Crippen MR) is 118 cm³/mol. The fourth-order valence-electron chi connectivity index (χ4n) is 3.20. The molecule has 0 amide bonds. The molecule has 4 aromatic rings. The summed E-state index contributed by atoms with van der Waals surface area (Å²) < 4.78 is 17.3. The van der Waals surface area contributed by atoms with E-state index in [4.69, 9.17) is 18.9 Å². The van der Waals surface area contributed by atoms with E-state index >= 15 is 0 Å². The minimum atomic E-state index is -0.550. The van der Waals surface area contributed by atoms with Gasteiger partial charge in [0.15, 0.2) is 5.16 Å². The van der Waals surface area contributed by atoms with Gasteiger partial charge in [-0.2, -0.15) is 0 Å². The number of esters is 1. The van der Waals surface area contributed by atoms with E-state index in [2.05, 4.69) is 0 Å². The standard InChI is InChI=1S/C23H20N2O5S/c1-3-29-19-11-7-6-10-18(19)25-21(26)16-8-4-5-9-17(16)24-23(25)31-14-15-12-13-30-20(15)22(27)28-2/h4-13H,3,14H2,1-2H3. The van der Waals surface area contributed by atoms with Crippen LogP contribution in [0, 0.1) is 0 Å². The molecule has 0 unspecified atom stereocenters. The number of carbonyl (C=O) groups is 1. The Morgan fingerprint density at radius 3 is 2.71 bits per heavy atom. The molecule has 4 rings (SSSR count). The van der Waals surface area contributed by atoms with Crippen molar-refractivity contribution >= 4 is 28.6 Å². The van der Waals surface area contributed by atoms with Crippen LogP contribution in [0.15, 0.2) is 75.2 Å². The Hall–Kier alpha value is -3.52. The summed E-state index contributed by atoms with van der Waals surface area (Å²) in [5.74, 6) is 0.540. The number of thioether (sulfide) groups is 1. The fraction of sp³-hybridized carbons (Fsp3) is 0.174. The van der Waals surface area contributed by atoms with Gasteiger partial charge >= 0.3 is 5.97 Å². The summed E-state index contributed by atoms with van der Waals surface area (Å²) in [6.07, 6.45) is 1.44. The number of benzene rings is 2. The van der Waals surface area contributed by atoms with Crippen LogP contribution < -0.4 is 10.3 Å². The van der Waals surface area contributed by atoms with E-state index in [9.17, 15) is 9.59 Å². The zero-order chi connectivity index (χ0) is 21.8. The lowest BCUT2D eigenvalue weighted by Crippen LogP contribution is -2.22. The number of methoxy groups -OCH3 is 1. The third kappa shape index (κ3) is 4.06. The average Bonchev–Trinajstić information content (AvgIpc) is 3.27. The first-order chi connectivity index (χ1) is 15.1. The number of furan rings is 1. The Labute approximate surface area is 182 Å². The van der Waals surface area contributed by atoms with Crippen molar-refractivity contribution in [2.24, 2.45) is 0 Å². The van der Waals surface area contributed by atoms with Crippen molar-refractivity contribution in [1.29, 1.82) is 0 Å². The van der Waals surface area contributed by atoms with Crippen LogP contribution in [0.2, 0.25) is 0 Å². The molecule has 0 aliphatic carbocycles. The van der Waals surface area contributed by atoms with E-state index < -0.39 is 5.97 Å². The van der Waals surface area contributed by atoms with Crippen LogP contribution in [0.5, 0.6) is 5.75 Å². The molecule has 0 N–H and O–H groups in total. The highest BCUT2D eigenvalue weighted by Crippen LogP contribution is 2.30. The highest BCUT2D eigenvalue weighted by molar-refractivity contribution is 7.98. The number of rotatable bonds is 7. The maximum absolute atomic E-state index is 13.5. The van der Waals surface area contributed by atoms with Crippen LogP contribution in [0.25, 0.3) is 16.6 Å². The number of hydrogen-bond acceptors (Lipinski definition) is 7. The van der Waals surface area contributed by atoms with E-state index in [-0.39, 0.29) is 11.3 Å². The highest BCUT2D eigenvalue weighted by atomic mass is 32.2. The monoisotopic (exact) mass is 436 g/mol. The molecule has 2 heterocycles. The average molecular weight is 436 g/mol. The summed E-state index contributed by atoms with van der Waals surface area (Å²) in [5, 5.41) is 0.990. The maximum Gasteiger partial charge on any atom is 0.374 e. The van der Waals surface area contributed by atoms with E-state index in [0.29, 0.717) is 45.4 Å². The summed E-state index contributed by atoms with van der Waals surface area (Å²) in [5.41, 5.74) is 1.67. The number of carbonyl (C=O) groups excluding carboxylic acids is 1. The van der Waals surface area contributed by atoms with Gasteiger partial charge in [-0.25, -0.2) is 9.78 Å². The van der Waals surface area contributed by atoms with Crippen LogP contribution in [0.4, 0.5) is 0 Å². The Bertz CT molecular complexity index is 1290. The molecule has 2 aromatic heterocycles. The summed E-state index contributed by atoms with van der Waals surface area (Å²) in [7, 11) is 1.30. The predicted octanol–water partition coefficient (Wildman–Crippen LogP) is 4.46. The van der Waals surface area contributed by atoms with Crippen LogP contribution >= 0.6 is 11.8 Å². The molecule has 7 nitrogen and oxygen atoms in total. The molecule has 0 bridgehead atoms. The second-order valence-electron chi connectivity index (χ2n) is 6.51. The van der Waals surface area contributed by atoms with Crippen LogP contribution in [0.1, 0.15) is 23.0 Å². The summed E-state index contributed by atoms with van der Waals surface area (Å²) >= 11 is 1.33. The second-order valence-corrected chi connectivity index (χ2v) is 7.45. The zero-order valence-corrected chi connectivity index (χ0v) is 17.8. The van der Waals surface area contributed by atoms with Crippen molar-refractivity contribution in [3.05, 3.63) is 82.5 Å². The second kappa shape index (κ2) is 9.09. The van der Waals surface area contributed by atoms with E-state index in [1.807, 2.05) is 43.3 Å². The van der Waals surface area contributed by atoms with Gasteiger partial charge in [0.1, 0.15) is 5.75 Å². The molecule has 2 aromatic carbocycles. The Balaban J connectivity index is 1.83. The van der Waals surface area contributed by atoms with E-state index in [0.717, 1.165) is 0 Å². The lowest BCUT2D eigenvalue weighted by molar-refractivity contribution is 0.0564. The maximum atomic E-state index is 13.5. The molecule has 0 fully saturated rings. The molecule has 0 saturated heterocycles. The first-order valence-corrected chi connectivity index (χ1v) is 10.6. The van der Waals surface area contributed by atoms with Crippen LogP contribution in [-0.4, -0.2) is 29.2 Å². The molecule has 0 radical (unpaired) electrons. The first kappa shape index (κ1) is 20.7. The molecular formula is C23H20N2O5S. The van der Waals surface area contributed by atoms with Gasteiger partial charge in [-0.1, -0.05) is 36.0 Å². The number of aromatic nitrogens is 2. The normalized spacial score (nSPS) is 10.9. The van der Waals surface area contributed by atoms with Gasteiger partial charge in [0.05, 0.1) is 36.6 Å². The Kier molecular flexibility index (Phi) is 6.08. The van der Waals surface area contributed by atoms with Gasteiger partial charge in [0, 0.05) is 11.3 Å².